The molecule has 0 aliphatic heterocycles. The van der Waals surface area contributed by atoms with Crippen LogP contribution in [0.5, 0.6) is 0 Å². The van der Waals surface area contributed by atoms with Gasteiger partial charge in [-0.25, -0.2) is 4.79 Å². The van der Waals surface area contributed by atoms with Crippen molar-refractivity contribution in [3.63, 3.8) is 0 Å². The molecule has 0 amide bonds. The molecule has 1 aromatic rings. The first-order valence-corrected chi connectivity index (χ1v) is 15.5. The van der Waals surface area contributed by atoms with E-state index in [4.69, 9.17) is 4.74 Å². The predicted molar refractivity (Wildman–Crippen MR) is 149 cm³/mol. The second kappa shape index (κ2) is 10.5. The van der Waals surface area contributed by atoms with Gasteiger partial charge in [-0.1, -0.05) is 84.9 Å². The minimum Gasteiger partial charge on any atom is -0.458 e. The second-order valence-electron chi connectivity index (χ2n) is 14.3. The number of fused-ring (bicyclic) bond motifs is 5. The molecule has 0 aromatic heterocycles. The van der Waals surface area contributed by atoms with E-state index in [1.165, 1.54) is 70.6 Å². The normalized spacial score (nSPS) is 40.7. The van der Waals surface area contributed by atoms with E-state index in [1.807, 2.05) is 30.3 Å². The third-order valence-corrected chi connectivity index (χ3v) is 12.0. The molecule has 4 aliphatic carbocycles. The van der Waals surface area contributed by atoms with E-state index in [9.17, 15) is 4.79 Å². The van der Waals surface area contributed by atoms with Crippen LogP contribution >= 0.6 is 0 Å². The lowest BCUT2D eigenvalue weighted by Gasteiger charge is -2.62. The Labute approximate surface area is 221 Å². The molecule has 4 aliphatic rings. The first-order valence-electron chi connectivity index (χ1n) is 15.5. The van der Waals surface area contributed by atoms with Crippen molar-refractivity contribution in [3.8, 4) is 0 Å². The Balaban J connectivity index is 1.40. The van der Waals surface area contributed by atoms with Crippen LogP contribution in [0.25, 0.3) is 0 Å². The van der Waals surface area contributed by atoms with Gasteiger partial charge in [0, 0.05) is 5.92 Å². The molecule has 0 radical (unpaired) electrons. The van der Waals surface area contributed by atoms with Gasteiger partial charge in [-0.2, -0.15) is 0 Å². The Bertz CT molecular complexity index is 892. The summed E-state index contributed by atoms with van der Waals surface area (Å²) in [6.45, 7) is 12.6. The zero-order valence-electron chi connectivity index (χ0n) is 23.8. The van der Waals surface area contributed by atoms with Crippen LogP contribution in [0.3, 0.4) is 0 Å². The molecule has 0 unspecified atom stereocenters. The molecule has 36 heavy (non-hydrogen) atoms. The van der Waals surface area contributed by atoms with Crippen molar-refractivity contribution in [2.75, 3.05) is 0 Å². The van der Waals surface area contributed by atoms with Gasteiger partial charge in [0.05, 0.1) is 5.56 Å². The van der Waals surface area contributed by atoms with E-state index >= 15 is 0 Å². The molecule has 4 saturated carbocycles. The van der Waals surface area contributed by atoms with E-state index in [0.717, 1.165) is 36.0 Å². The topological polar surface area (TPSA) is 26.3 Å². The summed E-state index contributed by atoms with van der Waals surface area (Å²) >= 11 is 0. The van der Waals surface area contributed by atoms with Crippen molar-refractivity contribution < 1.29 is 9.53 Å². The fraction of sp³-hybridized carbons (Fsp3) is 0.794. The van der Waals surface area contributed by atoms with Crippen molar-refractivity contribution in [1.29, 1.82) is 0 Å². The summed E-state index contributed by atoms with van der Waals surface area (Å²) < 4.78 is 6.54. The number of hydrogen-bond acceptors (Lipinski definition) is 2. The molecular weight excluding hydrogens is 440 g/mol. The van der Waals surface area contributed by atoms with Crippen molar-refractivity contribution in [2.45, 2.75) is 118 Å². The molecule has 0 N–H and O–H groups in total. The molecule has 0 saturated heterocycles. The van der Waals surface area contributed by atoms with Gasteiger partial charge < -0.3 is 4.74 Å². The summed E-state index contributed by atoms with van der Waals surface area (Å²) in [5, 5.41) is 0. The molecule has 200 valence electrons. The SMILES string of the molecule is CC(C)CCC[C@@H](C)[C@H]1CC[C@H]2[C@@H]3[C@H](OC(=O)c4ccccc4)C[C@H]4CCCC[C@]4(C)[C@H]3CC[C@]12C. The van der Waals surface area contributed by atoms with Crippen LogP contribution in [0.2, 0.25) is 0 Å². The van der Waals surface area contributed by atoms with Crippen LogP contribution < -0.4 is 0 Å². The highest BCUT2D eigenvalue weighted by molar-refractivity contribution is 5.89. The van der Waals surface area contributed by atoms with Crippen LogP contribution in [-0.4, -0.2) is 12.1 Å². The Morgan fingerprint density at radius 2 is 1.67 bits per heavy atom. The van der Waals surface area contributed by atoms with Crippen molar-refractivity contribution in [2.24, 2.45) is 52.3 Å². The minimum absolute atomic E-state index is 0.0948. The fourth-order valence-electron chi connectivity index (χ4n) is 10.2. The maximum atomic E-state index is 13.3. The maximum absolute atomic E-state index is 13.3. The summed E-state index contributed by atoms with van der Waals surface area (Å²) in [7, 11) is 0. The van der Waals surface area contributed by atoms with Crippen LogP contribution in [0.1, 0.15) is 122 Å². The molecule has 9 atom stereocenters. The van der Waals surface area contributed by atoms with E-state index < -0.39 is 0 Å². The number of carbonyl (C=O) groups excluding carboxylic acids is 1. The lowest BCUT2D eigenvalue weighted by Crippen LogP contribution is -2.58. The molecule has 0 bridgehead atoms. The van der Waals surface area contributed by atoms with Gasteiger partial charge >= 0.3 is 5.97 Å². The van der Waals surface area contributed by atoms with E-state index in [1.54, 1.807) is 0 Å². The average molecular weight is 493 g/mol. The Hall–Kier alpha value is -1.31. The summed E-state index contributed by atoms with van der Waals surface area (Å²) in [5.74, 6) is 5.05. The molecule has 5 rings (SSSR count). The summed E-state index contributed by atoms with van der Waals surface area (Å²) in [6, 6.07) is 9.73. The number of hydrogen-bond donors (Lipinski definition) is 0. The van der Waals surface area contributed by atoms with E-state index in [2.05, 4.69) is 34.6 Å². The fourth-order valence-corrected chi connectivity index (χ4v) is 10.2. The van der Waals surface area contributed by atoms with E-state index in [-0.39, 0.29) is 12.1 Å². The maximum Gasteiger partial charge on any atom is 0.338 e. The molecule has 4 fully saturated rings. The van der Waals surface area contributed by atoms with Gasteiger partial charge in [0.1, 0.15) is 6.10 Å². The lowest BCUT2D eigenvalue weighted by molar-refractivity contribution is -0.166. The second-order valence-corrected chi connectivity index (χ2v) is 14.3. The van der Waals surface area contributed by atoms with Gasteiger partial charge in [0.2, 0.25) is 0 Å². The van der Waals surface area contributed by atoms with Gasteiger partial charge in [-0.05, 0) is 103 Å². The number of benzene rings is 1. The third-order valence-electron chi connectivity index (χ3n) is 12.0. The average Bonchev–Trinajstić information content (AvgIpc) is 3.21. The van der Waals surface area contributed by atoms with Gasteiger partial charge in [0.15, 0.2) is 0 Å². The number of ether oxygens (including phenoxy) is 1. The Morgan fingerprint density at radius 1 is 0.917 bits per heavy atom. The molecule has 2 nitrogen and oxygen atoms in total. The highest BCUT2D eigenvalue weighted by Crippen LogP contribution is 2.68. The van der Waals surface area contributed by atoms with Gasteiger partial charge in [-0.15, -0.1) is 0 Å². The van der Waals surface area contributed by atoms with E-state index in [0.29, 0.717) is 28.2 Å². The largest absolute Gasteiger partial charge is 0.458 e. The summed E-state index contributed by atoms with van der Waals surface area (Å²) in [5.41, 5.74) is 1.57. The van der Waals surface area contributed by atoms with Crippen molar-refractivity contribution >= 4 is 5.97 Å². The molecule has 0 spiro atoms. The van der Waals surface area contributed by atoms with Crippen molar-refractivity contribution in [3.05, 3.63) is 35.9 Å². The van der Waals surface area contributed by atoms with Crippen LogP contribution in [0, 0.1) is 52.3 Å². The first-order chi connectivity index (χ1) is 17.2. The summed E-state index contributed by atoms with van der Waals surface area (Å²) in [4.78, 5) is 13.3. The number of carbonyl (C=O) groups is 1. The van der Waals surface area contributed by atoms with Crippen LogP contribution in [0.4, 0.5) is 0 Å². The van der Waals surface area contributed by atoms with Gasteiger partial charge in [-0.3, -0.25) is 0 Å². The van der Waals surface area contributed by atoms with Crippen molar-refractivity contribution in [1.82, 2.24) is 0 Å². The van der Waals surface area contributed by atoms with Crippen LogP contribution in [-0.2, 0) is 4.74 Å². The predicted octanol–water partition coefficient (Wildman–Crippen LogP) is 9.33. The number of rotatable bonds is 7. The smallest absolute Gasteiger partial charge is 0.338 e. The first kappa shape index (κ1) is 26.3. The highest BCUT2D eigenvalue weighted by atomic mass is 16.5. The zero-order valence-corrected chi connectivity index (χ0v) is 23.8. The monoisotopic (exact) mass is 492 g/mol. The standard InChI is InChI=1S/C34H52O2/c1-23(2)12-11-13-24(3)27-17-18-28-31-29(19-21-34(27,28)5)33(4)20-10-9-16-26(33)22-30(31)36-32(35)25-14-7-6-8-15-25/h6-8,14-15,23-24,26-31H,9-13,16-22H2,1-5H3/t24-,26-,27-,28+,29+,30-,31+,33+,34-/m1/s1. The Morgan fingerprint density at radius 3 is 2.42 bits per heavy atom. The zero-order chi connectivity index (χ0) is 25.5. The molecule has 1 aromatic carbocycles. The quantitative estimate of drug-likeness (QED) is 0.354. The molecular formula is C34H52O2. The summed E-state index contributed by atoms with van der Waals surface area (Å²) in [6.07, 6.45) is 16.2. The molecule has 0 heterocycles. The Kier molecular flexibility index (Phi) is 7.64. The lowest BCUT2D eigenvalue weighted by atomic mass is 9.44. The third kappa shape index (κ3) is 4.69. The highest BCUT2D eigenvalue weighted by Gasteiger charge is 2.63. The van der Waals surface area contributed by atoms with Gasteiger partial charge in [0.25, 0.3) is 0 Å². The molecule has 2 heteroatoms. The van der Waals surface area contributed by atoms with Crippen LogP contribution in [0.15, 0.2) is 30.3 Å². The number of esters is 1. The minimum atomic E-state index is -0.0948.